The van der Waals surface area contributed by atoms with E-state index in [2.05, 4.69) is 10.3 Å². The number of imidazole rings is 1. The van der Waals surface area contributed by atoms with Crippen molar-refractivity contribution in [2.75, 3.05) is 21.3 Å². The summed E-state index contributed by atoms with van der Waals surface area (Å²) in [5.74, 6) is 1.46. The van der Waals surface area contributed by atoms with E-state index in [4.69, 9.17) is 14.2 Å². The van der Waals surface area contributed by atoms with E-state index in [0.29, 0.717) is 17.2 Å². The Kier molecular flexibility index (Phi) is 6.39. The van der Waals surface area contributed by atoms with E-state index in [1.165, 1.54) is 0 Å². The number of ether oxygens (including phenoxy) is 3. The Hall–Kier alpha value is -3.48. The Labute approximate surface area is 170 Å². The molecule has 1 atom stereocenters. The highest BCUT2D eigenvalue weighted by Crippen LogP contribution is 2.38. The van der Waals surface area contributed by atoms with Gasteiger partial charge in [-0.25, -0.2) is 4.98 Å². The predicted octanol–water partition coefficient (Wildman–Crippen LogP) is 3.32. The minimum Gasteiger partial charge on any atom is -0.493 e. The molecular weight excluding hydrogens is 370 g/mol. The quantitative estimate of drug-likeness (QED) is 0.633. The predicted molar refractivity (Wildman–Crippen MR) is 110 cm³/mol. The van der Waals surface area contributed by atoms with E-state index < -0.39 is 0 Å². The van der Waals surface area contributed by atoms with E-state index in [-0.39, 0.29) is 18.4 Å². The number of carbonyl (C=O) groups is 1. The molecule has 1 amide bonds. The van der Waals surface area contributed by atoms with E-state index >= 15 is 0 Å². The zero-order valence-corrected chi connectivity index (χ0v) is 17.0. The average Bonchev–Trinajstić information content (AvgIpc) is 3.27. The highest BCUT2D eigenvalue weighted by molar-refractivity contribution is 5.79. The van der Waals surface area contributed by atoms with Crippen LogP contribution >= 0.6 is 0 Å². The molecule has 0 aliphatic heterocycles. The van der Waals surface area contributed by atoms with Crippen LogP contribution < -0.4 is 19.5 Å². The van der Waals surface area contributed by atoms with Crippen LogP contribution in [0.3, 0.4) is 0 Å². The van der Waals surface area contributed by atoms with Crippen LogP contribution in [-0.2, 0) is 11.2 Å². The molecule has 0 fully saturated rings. The van der Waals surface area contributed by atoms with Crippen molar-refractivity contribution in [3.05, 3.63) is 66.2 Å². The fourth-order valence-corrected chi connectivity index (χ4v) is 3.15. The average molecular weight is 395 g/mol. The number of rotatable bonds is 8. The van der Waals surface area contributed by atoms with Gasteiger partial charge < -0.3 is 24.1 Å². The second-order valence-corrected chi connectivity index (χ2v) is 6.56. The van der Waals surface area contributed by atoms with Crippen molar-refractivity contribution in [3.8, 4) is 22.9 Å². The van der Waals surface area contributed by atoms with Crippen LogP contribution in [-0.4, -0.2) is 36.8 Å². The molecule has 1 heterocycles. The molecule has 0 spiro atoms. The number of carbonyl (C=O) groups excluding carboxylic acids is 1. The van der Waals surface area contributed by atoms with Crippen molar-refractivity contribution in [1.82, 2.24) is 14.9 Å². The van der Waals surface area contributed by atoms with Gasteiger partial charge in [0.15, 0.2) is 11.5 Å². The third kappa shape index (κ3) is 4.68. The summed E-state index contributed by atoms with van der Waals surface area (Å²) < 4.78 is 17.9. The molecule has 0 radical (unpaired) electrons. The van der Waals surface area contributed by atoms with Crippen molar-refractivity contribution >= 4 is 5.91 Å². The van der Waals surface area contributed by atoms with Gasteiger partial charge in [0.25, 0.3) is 0 Å². The van der Waals surface area contributed by atoms with E-state index in [0.717, 1.165) is 16.8 Å². The first-order chi connectivity index (χ1) is 14.0. The lowest BCUT2D eigenvalue weighted by Gasteiger charge is -2.17. The van der Waals surface area contributed by atoms with Gasteiger partial charge in [-0.15, -0.1) is 0 Å². The van der Waals surface area contributed by atoms with Crippen LogP contribution in [0, 0.1) is 0 Å². The topological polar surface area (TPSA) is 74.6 Å². The minimum atomic E-state index is -0.124. The number of benzene rings is 2. The smallest absolute Gasteiger partial charge is 0.224 e. The first-order valence-corrected chi connectivity index (χ1v) is 9.22. The van der Waals surface area contributed by atoms with Gasteiger partial charge in [-0.05, 0) is 42.3 Å². The van der Waals surface area contributed by atoms with Crippen molar-refractivity contribution in [1.29, 1.82) is 0 Å². The minimum absolute atomic E-state index is 0.0922. The second-order valence-electron chi connectivity index (χ2n) is 6.56. The van der Waals surface area contributed by atoms with Crippen molar-refractivity contribution in [2.45, 2.75) is 19.4 Å². The van der Waals surface area contributed by atoms with Gasteiger partial charge in [0, 0.05) is 18.1 Å². The number of hydrogen-bond donors (Lipinski definition) is 1. The Bertz CT molecular complexity index is 928. The third-order valence-corrected chi connectivity index (χ3v) is 4.66. The lowest BCUT2D eigenvalue weighted by atomic mass is 10.1. The Morgan fingerprint density at radius 2 is 1.72 bits per heavy atom. The molecule has 3 aromatic rings. The lowest BCUT2D eigenvalue weighted by Crippen LogP contribution is -2.28. The SMILES string of the molecule is COc1cc(CC(=O)N[C@@H](C)c2ccc(-n3ccnc3)cc2)cc(OC)c1OC. The van der Waals surface area contributed by atoms with Crippen molar-refractivity contribution < 1.29 is 19.0 Å². The fourth-order valence-electron chi connectivity index (χ4n) is 3.15. The molecule has 0 saturated heterocycles. The van der Waals surface area contributed by atoms with Crippen LogP contribution in [0.4, 0.5) is 0 Å². The standard InChI is InChI=1S/C22H25N3O4/c1-15(17-5-7-18(8-6-17)25-10-9-23-14-25)24-21(26)13-16-11-19(27-2)22(29-4)20(12-16)28-3/h5-12,14-15H,13H2,1-4H3,(H,24,26)/t15-/m0/s1. The molecule has 2 aromatic carbocycles. The molecule has 7 nitrogen and oxygen atoms in total. The third-order valence-electron chi connectivity index (χ3n) is 4.66. The Morgan fingerprint density at radius 1 is 1.07 bits per heavy atom. The van der Waals surface area contributed by atoms with Crippen LogP contribution in [0.1, 0.15) is 24.1 Å². The summed E-state index contributed by atoms with van der Waals surface area (Å²) in [6, 6.07) is 11.4. The normalized spacial score (nSPS) is 11.6. The summed E-state index contributed by atoms with van der Waals surface area (Å²) in [5.41, 5.74) is 2.81. The molecular formula is C22H25N3O4. The number of methoxy groups -OCH3 is 3. The van der Waals surface area contributed by atoms with Gasteiger partial charge in [-0.1, -0.05) is 12.1 Å². The first kappa shape index (κ1) is 20.3. The lowest BCUT2D eigenvalue weighted by molar-refractivity contribution is -0.121. The second kappa shape index (κ2) is 9.14. The Morgan fingerprint density at radius 3 is 2.24 bits per heavy atom. The number of aromatic nitrogens is 2. The van der Waals surface area contributed by atoms with Crippen LogP contribution in [0.15, 0.2) is 55.1 Å². The molecule has 29 heavy (non-hydrogen) atoms. The van der Waals surface area contributed by atoms with Crippen LogP contribution in [0.5, 0.6) is 17.2 Å². The molecule has 0 bridgehead atoms. The summed E-state index contributed by atoms with van der Waals surface area (Å²) in [5, 5.41) is 3.03. The molecule has 0 unspecified atom stereocenters. The first-order valence-electron chi connectivity index (χ1n) is 9.22. The highest BCUT2D eigenvalue weighted by Gasteiger charge is 2.16. The van der Waals surface area contributed by atoms with Gasteiger partial charge in [0.1, 0.15) is 0 Å². The summed E-state index contributed by atoms with van der Waals surface area (Å²) in [4.78, 5) is 16.6. The molecule has 7 heteroatoms. The van der Waals surface area contributed by atoms with E-state index in [1.54, 1.807) is 46.0 Å². The number of nitrogens with zero attached hydrogens (tertiary/aromatic N) is 2. The van der Waals surface area contributed by atoms with Crippen molar-refractivity contribution in [2.24, 2.45) is 0 Å². The molecule has 1 N–H and O–H groups in total. The van der Waals surface area contributed by atoms with Gasteiger partial charge in [-0.3, -0.25) is 4.79 Å². The Balaban J connectivity index is 1.67. The molecule has 0 aliphatic carbocycles. The molecule has 3 rings (SSSR count). The number of nitrogens with one attached hydrogen (secondary N) is 1. The maximum absolute atomic E-state index is 12.6. The van der Waals surface area contributed by atoms with E-state index in [1.807, 2.05) is 42.0 Å². The van der Waals surface area contributed by atoms with Crippen molar-refractivity contribution in [3.63, 3.8) is 0 Å². The molecule has 152 valence electrons. The number of amides is 1. The van der Waals surface area contributed by atoms with Gasteiger partial charge in [0.05, 0.1) is 40.1 Å². The number of hydrogen-bond acceptors (Lipinski definition) is 5. The van der Waals surface area contributed by atoms with Gasteiger partial charge in [0.2, 0.25) is 11.7 Å². The highest BCUT2D eigenvalue weighted by atomic mass is 16.5. The van der Waals surface area contributed by atoms with Gasteiger partial charge >= 0.3 is 0 Å². The maximum Gasteiger partial charge on any atom is 0.224 e. The molecule has 0 saturated carbocycles. The summed E-state index contributed by atoms with van der Waals surface area (Å²) in [6.45, 7) is 1.96. The largest absolute Gasteiger partial charge is 0.493 e. The zero-order chi connectivity index (χ0) is 20.8. The van der Waals surface area contributed by atoms with Gasteiger partial charge in [-0.2, -0.15) is 0 Å². The van der Waals surface area contributed by atoms with Crippen LogP contribution in [0.25, 0.3) is 5.69 Å². The summed E-state index contributed by atoms with van der Waals surface area (Å²) in [7, 11) is 4.65. The van der Waals surface area contributed by atoms with Crippen LogP contribution in [0.2, 0.25) is 0 Å². The monoisotopic (exact) mass is 395 g/mol. The molecule has 0 aliphatic rings. The summed E-state index contributed by atoms with van der Waals surface area (Å²) >= 11 is 0. The maximum atomic E-state index is 12.6. The molecule has 1 aromatic heterocycles. The zero-order valence-electron chi connectivity index (χ0n) is 17.0. The van der Waals surface area contributed by atoms with E-state index in [9.17, 15) is 4.79 Å². The summed E-state index contributed by atoms with van der Waals surface area (Å²) in [6.07, 6.45) is 5.57. The fraction of sp³-hybridized carbons (Fsp3) is 0.273.